The third-order valence-electron chi connectivity index (χ3n) is 3.45. The summed E-state index contributed by atoms with van der Waals surface area (Å²) in [4.78, 5) is 17.7. The van der Waals surface area contributed by atoms with Gasteiger partial charge in [-0.15, -0.1) is 23.1 Å². The smallest absolute Gasteiger partial charge is 0.226 e. The van der Waals surface area contributed by atoms with Crippen molar-refractivity contribution in [2.24, 2.45) is 0 Å². The Bertz CT molecular complexity index is 819. The predicted octanol–water partition coefficient (Wildman–Crippen LogP) is 5.97. The summed E-state index contributed by atoms with van der Waals surface area (Å²) < 4.78 is 0. The summed E-state index contributed by atoms with van der Waals surface area (Å²) in [5, 5.41) is 6.23. The number of carbonyl (C=O) groups is 1. The zero-order chi connectivity index (χ0) is 17.5. The normalized spacial score (nSPS) is 10.6. The molecule has 0 saturated heterocycles. The zero-order valence-electron chi connectivity index (χ0n) is 13.4. The van der Waals surface area contributed by atoms with Crippen LogP contribution in [-0.4, -0.2) is 16.6 Å². The van der Waals surface area contributed by atoms with Crippen molar-refractivity contribution in [3.8, 4) is 11.3 Å². The van der Waals surface area contributed by atoms with Gasteiger partial charge in [-0.2, -0.15) is 0 Å². The molecule has 3 rings (SSSR count). The number of nitrogens with one attached hydrogen (secondary N) is 1. The maximum atomic E-state index is 12.0. The summed E-state index contributed by atoms with van der Waals surface area (Å²) in [5.74, 6) is 0.896. The van der Waals surface area contributed by atoms with Crippen LogP contribution in [0.5, 0.6) is 0 Å². The molecule has 0 unspecified atom stereocenters. The first-order valence-electron chi connectivity index (χ1n) is 7.90. The Morgan fingerprint density at radius 1 is 1.12 bits per heavy atom. The van der Waals surface area contributed by atoms with Crippen molar-refractivity contribution in [3.63, 3.8) is 0 Å². The van der Waals surface area contributed by atoms with Crippen LogP contribution in [-0.2, 0) is 4.79 Å². The molecular formula is C19H17ClN2OS2. The van der Waals surface area contributed by atoms with Gasteiger partial charge in [-0.05, 0) is 36.4 Å². The van der Waals surface area contributed by atoms with Gasteiger partial charge in [-0.1, -0.05) is 41.9 Å². The fraction of sp³-hybridized carbons (Fsp3) is 0.158. The van der Waals surface area contributed by atoms with Crippen LogP contribution in [0.1, 0.15) is 12.8 Å². The number of amides is 1. The maximum Gasteiger partial charge on any atom is 0.226 e. The number of carbonyl (C=O) groups excluding carboxylic acids is 1. The molecule has 25 heavy (non-hydrogen) atoms. The number of hydrogen-bond acceptors (Lipinski definition) is 4. The molecule has 6 heteroatoms. The highest BCUT2D eigenvalue weighted by atomic mass is 35.5. The number of nitrogens with zero attached hydrogens (tertiary/aromatic N) is 1. The molecule has 128 valence electrons. The first-order chi connectivity index (χ1) is 12.2. The molecule has 0 bridgehead atoms. The highest BCUT2D eigenvalue weighted by Gasteiger charge is 2.08. The highest BCUT2D eigenvalue weighted by Crippen LogP contribution is 2.25. The van der Waals surface area contributed by atoms with Crippen LogP contribution < -0.4 is 5.32 Å². The van der Waals surface area contributed by atoms with Gasteiger partial charge >= 0.3 is 0 Å². The third kappa shape index (κ3) is 5.59. The summed E-state index contributed by atoms with van der Waals surface area (Å²) in [6.45, 7) is 0. The van der Waals surface area contributed by atoms with E-state index in [1.165, 1.54) is 11.3 Å². The minimum Gasteiger partial charge on any atom is -0.302 e. The van der Waals surface area contributed by atoms with Crippen molar-refractivity contribution in [1.29, 1.82) is 0 Å². The Morgan fingerprint density at radius 3 is 2.64 bits per heavy atom. The van der Waals surface area contributed by atoms with Gasteiger partial charge in [0.15, 0.2) is 5.13 Å². The molecule has 0 fully saturated rings. The molecule has 0 atom stereocenters. The van der Waals surface area contributed by atoms with Crippen molar-refractivity contribution in [1.82, 2.24) is 4.98 Å². The quantitative estimate of drug-likeness (QED) is 0.400. The van der Waals surface area contributed by atoms with E-state index in [-0.39, 0.29) is 5.91 Å². The van der Waals surface area contributed by atoms with Gasteiger partial charge in [0, 0.05) is 27.3 Å². The molecule has 0 radical (unpaired) electrons. The minimum absolute atomic E-state index is 0.00525. The average molecular weight is 389 g/mol. The van der Waals surface area contributed by atoms with E-state index in [4.69, 9.17) is 11.6 Å². The monoisotopic (exact) mass is 388 g/mol. The molecule has 0 aliphatic heterocycles. The first kappa shape index (κ1) is 18.0. The van der Waals surface area contributed by atoms with Crippen molar-refractivity contribution in [2.75, 3.05) is 11.1 Å². The van der Waals surface area contributed by atoms with E-state index < -0.39 is 0 Å². The number of thiazole rings is 1. The molecule has 3 aromatic rings. The fourth-order valence-electron chi connectivity index (χ4n) is 2.21. The SMILES string of the molecule is O=C(CCCSc1ccc(Cl)cc1)Nc1nc(-c2ccccc2)cs1. The standard InChI is InChI=1S/C19H17ClN2OS2/c20-15-8-10-16(11-9-15)24-12-4-7-18(23)22-19-21-17(13-25-19)14-5-2-1-3-6-14/h1-3,5-6,8-11,13H,4,7,12H2,(H,21,22,23). The van der Waals surface area contributed by atoms with Crippen LogP contribution in [0.3, 0.4) is 0 Å². The lowest BCUT2D eigenvalue weighted by Gasteiger charge is -2.03. The molecule has 1 aromatic heterocycles. The molecule has 0 aliphatic rings. The van der Waals surface area contributed by atoms with E-state index in [0.717, 1.165) is 33.3 Å². The van der Waals surface area contributed by atoms with E-state index in [1.54, 1.807) is 11.8 Å². The van der Waals surface area contributed by atoms with Crippen molar-refractivity contribution < 1.29 is 4.79 Å². The van der Waals surface area contributed by atoms with Gasteiger partial charge in [-0.25, -0.2) is 4.98 Å². The van der Waals surface area contributed by atoms with Gasteiger partial charge in [0.2, 0.25) is 5.91 Å². The summed E-state index contributed by atoms with van der Waals surface area (Å²) in [6.07, 6.45) is 1.30. The van der Waals surface area contributed by atoms with Gasteiger partial charge in [0.1, 0.15) is 0 Å². The van der Waals surface area contributed by atoms with Crippen molar-refractivity contribution >= 4 is 45.7 Å². The summed E-state index contributed by atoms with van der Waals surface area (Å²) in [5.41, 5.74) is 1.94. The van der Waals surface area contributed by atoms with Crippen LogP contribution in [0, 0.1) is 0 Å². The second-order valence-electron chi connectivity index (χ2n) is 5.36. The van der Waals surface area contributed by atoms with Gasteiger partial charge in [0.25, 0.3) is 0 Å². The number of benzene rings is 2. The Morgan fingerprint density at radius 2 is 1.88 bits per heavy atom. The lowest BCUT2D eigenvalue weighted by molar-refractivity contribution is -0.116. The number of hydrogen-bond donors (Lipinski definition) is 1. The molecule has 0 saturated carbocycles. The molecule has 1 N–H and O–H groups in total. The second kappa shape index (κ2) is 9.04. The third-order valence-corrected chi connectivity index (χ3v) is 5.56. The number of thioether (sulfide) groups is 1. The molecular weight excluding hydrogens is 372 g/mol. The predicted molar refractivity (Wildman–Crippen MR) is 108 cm³/mol. The van der Waals surface area contributed by atoms with Crippen molar-refractivity contribution in [2.45, 2.75) is 17.7 Å². The Kier molecular flexibility index (Phi) is 6.50. The molecule has 2 aromatic carbocycles. The molecule has 0 aliphatic carbocycles. The summed E-state index contributed by atoms with van der Waals surface area (Å²) >= 11 is 9.04. The zero-order valence-corrected chi connectivity index (χ0v) is 15.8. The lowest BCUT2D eigenvalue weighted by Crippen LogP contribution is -2.11. The largest absolute Gasteiger partial charge is 0.302 e. The van der Waals surface area contributed by atoms with E-state index >= 15 is 0 Å². The van der Waals surface area contributed by atoms with Crippen LogP contribution in [0.4, 0.5) is 5.13 Å². The summed E-state index contributed by atoms with van der Waals surface area (Å²) in [6, 6.07) is 17.7. The lowest BCUT2D eigenvalue weighted by atomic mass is 10.2. The summed E-state index contributed by atoms with van der Waals surface area (Å²) in [7, 11) is 0. The first-order valence-corrected chi connectivity index (χ1v) is 10.1. The van der Waals surface area contributed by atoms with Gasteiger partial charge < -0.3 is 5.32 Å². The van der Waals surface area contributed by atoms with Crippen LogP contribution >= 0.6 is 34.7 Å². The van der Waals surface area contributed by atoms with E-state index in [1.807, 2.05) is 60.0 Å². The minimum atomic E-state index is 0.00525. The Balaban J connectivity index is 1.42. The molecule has 1 amide bonds. The molecule has 1 heterocycles. The Labute approximate surface area is 160 Å². The highest BCUT2D eigenvalue weighted by molar-refractivity contribution is 7.99. The van der Waals surface area contributed by atoms with Crippen LogP contribution in [0.2, 0.25) is 5.02 Å². The topological polar surface area (TPSA) is 42.0 Å². The van der Waals surface area contributed by atoms with E-state index in [2.05, 4.69) is 10.3 Å². The van der Waals surface area contributed by atoms with Crippen LogP contribution in [0.15, 0.2) is 64.9 Å². The van der Waals surface area contributed by atoms with Crippen LogP contribution in [0.25, 0.3) is 11.3 Å². The Hall–Kier alpha value is -1.82. The number of anilines is 1. The van der Waals surface area contributed by atoms with Gasteiger partial charge in [-0.3, -0.25) is 4.79 Å². The average Bonchev–Trinajstić information content (AvgIpc) is 3.09. The number of aromatic nitrogens is 1. The molecule has 3 nitrogen and oxygen atoms in total. The second-order valence-corrected chi connectivity index (χ2v) is 7.82. The van der Waals surface area contributed by atoms with Crippen molar-refractivity contribution in [3.05, 3.63) is 65.0 Å². The van der Waals surface area contributed by atoms with Gasteiger partial charge in [0.05, 0.1) is 5.69 Å². The number of rotatable bonds is 7. The molecule has 0 spiro atoms. The number of halogens is 1. The van der Waals surface area contributed by atoms with E-state index in [9.17, 15) is 4.79 Å². The van der Waals surface area contributed by atoms with E-state index in [0.29, 0.717) is 11.6 Å². The maximum absolute atomic E-state index is 12.0. The fourth-order valence-corrected chi connectivity index (χ4v) is 3.92.